The fraction of sp³-hybridized carbons (Fsp3) is 0.600. The van der Waals surface area contributed by atoms with E-state index >= 15 is 0 Å². The smallest absolute Gasteiger partial charge is 0.203 e. The maximum absolute atomic E-state index is 9.80. The van der Waals surface area contributed by atoms with E-state index in [0.717, 1.165) is 5.56 Å². The third-order valence-corrected chi connectivity index (χ3v) is 3.42. The van der Waals surface area contributed by atoms with E-state index in [2.05, 4.69) is 0 Å². The molecule has 5 heteroatoms. The van der Waals surface area contributed by atoms with Crippen LogP contribution in [0.2, 0.25) is 0 Å². The Morgan fingerprint density at radius 1 is 0.950 bits per heavy atom. The monoisotopic (exact) mass is 284 g/mol. The first kappa shape index (κ1) is 16.6. The normalized spacial score (nSPS) is 15.3. The van der Waals surface area contributed by atoms with Gasteiger partial charge >= 0.3 is 0 Å². The van der Waals surface area contributed by atoms with Crippen LogP contribution in [-0.2, 0) is 0 Å². The summed E-state index contributed by atoms with van der Waals surface area (Å²) >= 11 is 0. The Morgan fingerprint density at radius 2 is 1.55 bits per heavy atom. The number of methoxy groups -OCH3 is 3. The second-order valence-electron chi connectivity index (χ2n) is 4.87. The van der Waals surface area contributed by atoms with Gasteiger partial charge in [0.15, 0.2) is 11.5 Å². The summed E-state index contributed by atoms with van der Waals surface area (Å²) in [5.74, 6) is 1.73. The van der Waals surface area contributed by atoms with Crippen molar-refractivity contribution < 1.29 is 24.4 Å². The summed E-state index contributed by atoms with van der Waals surface area (Å²) in [4.78, 5) is 0. The van der Waals surface area contributed by atoms with E-state index in [1.807, 2.05) is 19.1 Å². The standard InChI is InChI=1S/C15H24O5/c1-9(8-12(17)10(2)16)11-6-7-13(18-3)15(20-5)14(11)19-4/h6-7,9-10,12,16-17H,8H2,1-5H3. The van der Waals surface area contributed by atoms with Crippen LogP contribution in [0, 0.1) is 0 Å². The van der Waals surface area contributed by atoms with E-state index in [-0.39, 0.29) is 5.92 Å². The van der Waals surface area contributed by atoms with Crippen molar-refractivity contribution in [3.05, 3.63) is 17.7 Å². The molecule has 0 bridgehead atoms. The molecule has 1 aromatic carbocycles. The minimum atomic E-state index is -0.775. The minimum Gasteiger partial charge on any atom is -0.493 e. The Kier molecular flexibility index (Phi) is 6.10. The largest absolute Gasteiger partial charge is 0.493 e. The first-order valence-electron chi connectivity index (χ1n) is 6.61. The van der Waals surface area contributed by atoms with Crippen LogP contribution in [0.5, 0.6) is 17.2 Å². The molecule has 20 heavy (non-hydrogen) atoms. The van der Waals surface area contributed by atoms with Crippen molar-refractivity contribution in [2.45, 2.75) is 38.4 Å². The average molecular weight is 284 g/mol. The van der Waals surface area contributed by atoms with Gasteiger partial charge in [-0.05, 0) is 25.3 Å². The number of rotatable bonds is 7. The molecule has 5 nitrogen and oxygen atoms in total. The van der Waals surface area contributed by atoms with Crippen molar-refractivity contribution in [2.75, 3.05) is 21.3 Å². The Bertz CT molecular complexity index is 431. The highest BCUT2D eigenvalue weighted by Gasteiger charge is 2.23. The third-order valence-electron chi connectivity index (χ3n) is 3.42. The van der Waals surface area contributed by atoms with Crippen LogP contribution in [0.25, 0.3) is 0 Å². The lowest BCUT2D eigenvalue weighted by Gasteiger charge is -2.22. The van der Waals surface area contributed by atoms with E-state index in [1.165, 1.54) is 0 Å². The van der Waals surface area contributed by atoms with Crippen LogP contribution in [0.4, 0.5) is 0 Å². The first-order valence-corrected chi connectivity index (χ1v) is 6.61. The topological polar surface area (TPSA) is 68.2 Å². The van der Waals surface area contributed by atoms with Gasteiger partial charge in [-0.25, -0.2) is 0 Å². The lowest BCUT2D eigenvalue weighted by Crippen LogP contribution is -2.24. The van der Waals surface area contributed by atoms with Crippen molar-refractivity contribution >= 4 is 0 Å². The van der Waals surface area contributed by atoms with Gasteiger partial charge in [-0.15, -0.1) is 0 Å². The number of ether oxygens (including phenoxy) is 3. The molecule has 3 atom stereocenters. The lowest BCUT2D eigenvalue weighted by molar-refractivity contribution is 0.0226. The molecule has 0 radical (unpaired) electrons. The minimum absolute atomic E-state index is 0.00866. The van der Waals surface area contributed by atoms with Crippen LogP contribution in [0.3, 0.4) is 0 Å². The van der Waals surface area contributed by atoms with Crippen LogP contribution in [0.15, 0.2) is 12.1 Å². The fourth-order valence-electron chi connectivity index (χ4n) is 2.20. The maximum Gasteiger partial charge on any atom is 0.203 e. The molecule has 0 spiro atoms. The Balaban J connectivity index is 3.11. The van der Waals surface area contributed by atoms with Gasteiger partial charge in [0.05, 0.1) is 33.5 Å². The Hall–Kier alpha value is -1.46. The Labute approximate surface area is 120 Å². The molecule has 2 N–H and O–H groups in total. The molecule has 0 fully saturated rings. The molecule has 0 aromatic heterocycles. The van der Waals surface area contributed by atoms with Crippen LogP contribution >= 0.6 is 0 Å². The second kappa shape index (κ2) is 7.36. The molecule has 0 aliphatic heterocycles. The summed E-state index contributed by atoms with van der Waals surface area (Å²) in [7, 11) is 4.69. The molecule has 0 saturated carbocycles. The predicted molar refractivity (Wildman–Crippen MR) is 76.8 cm³/mol. The van der Waals surface area contributed by atoms with Crippen molar-refractivity contribution in [3.63, 3.8) is 0 Å². The van der Waals surface area contributed by atoms with Gasteiger partial charge in [0.25, 0.3) is 0 Å². The van der Waals surface area contributed by atoms with Gasteiger partial charge in [0, 0.05) is 5.56 Å². The van der Waals surface area contributed by atoms with Crippen molar-refractivity contribution in [2.24, 2.45) is 0 Å². The highest BCUT2D eigenvalue weighted by Crippen LogP contribution is 2.43. The van der Waals surface area contributed by atoms with Crippen molar-refractivity contribution in [1.29, 1.82) is 0 Å². The molecule has 0 saturated heterocycles. The lowest BCUT2D eigenvalue weighted by atomic mass is 9.92. The van der Waals surface area contributed by atoms with E-state index < -0.39 is 12.2 Å². The zero-order valence-corrected chi connectivity index (χ0v) is 12.7. The quantitative estimate of drug-likeness (QED) is 0.801. The molecule has 1 rings (SSSR count). The molecular formula is C15H24O5. The predicted octanol–water partition coefficient (Wildman–Crippen LogP) is 1.95. The van der Waals surface area contributed by atoms with Crippen LogP contribution < -0.4 is 14.2 Å². The highest BCUT2D eigenvalue weighted by molar-refractivity contribution is 5.56. The van der Waals surface area contributed by atoms with Crippen molar-refractivity contribution in [1.82, 2.24) is 0 Å². The van der Waals surface area contributed by atoms with Crippen molar-refractivity contribution in [3.8, 4) is 17.2 Å². The van der Waals surface area contributed by atoms with Gasteiger partial charge in [-0.2, -0.15) is 0 Å². The average Bonchev–Trinajstić information content (AvgIpc) is 2.44. The number of aliphatic hydroxyl groups is 2. The summed E-state index contributed by atoms with van der Waals surface area (Å²) < 4.78 is 16.0. The number of hydrogen-bond donors (Lipinski definition) is 2. The first-order chi connectivity index (χ1) is 9.46. The zero-order valence-electron chi connectivity index (χ0n) is 12.7. The summed E-state index contributed by atoms with van der Waals surface area (Å²) in [5.41, 5.74) is 0.907. The van der Waals surface area contributed by atoms with E-state index in [0.29, 0.717) is 23.7 Å². The molecular weight excluding hydrogens is 260 g/mol. The molecule has 0 aliphatic carbocycles. The Morgan fingerprint density at radius 3 is 2.00 bits per heavy atom. The summed E-state index contributed by atoms with van der Waals surface area (Å²) in [6.07, 6.45) is -1.10. The van der Waals surface area contributed by atoms with Gasteiger partial charge in [0.2, 0.25) is 5.75 Å². The summed E-state index contributed by atoms with van der Waals surface area (Å²) in [5, 5.41) is 19.2. The summed E-state index contributed by atoms with van der Waals surface area (Å²) in [6, 6.07) is 3.70. The molecule has 1 aromatic rings. The van der Waals surface area contributed by atoms with E-state index in [1.54, 1.807) is 28.3 Å². The van der Waals surface area contributed by atoms with E-state index in [9.17, 15) is 10.2 Å². The molecule has 0 aliphatic rings. The van der Waals surface area contributed by atoms with Crippen LogP contribution in [-0.4, -0.2) is 43.8 Å². The highest BCUT2D eigenvalue weighted by atomic mass is 16.5. The number of benzene rings is 1. The molecule has 0 heterocycles. The molecule has 3 unspecified atom stereocenters. The van der Waals surface area contributed by atoms with Gasteiger partial charge in [-0.1, -0.05) is 13.0 Å². The maximum atomic E-state index is 9.80. The number of hydrogen-bond acceptors (Lipinski definition) is 5. The second-order valence-corrected chi connectivity index (χ2v) is 4.87. The molecule has 0 amide bonds. The van der Waals surface area contributed by atoms with Gasteiger partial charge in [-0.3, -0.25) is 0 Å². The third kappa shape index (κ3) is 3.55. The SMILES string of the molecule is COc1ccc(C(C)CC(O)C(C)O)c(OC)c1OC. The zero-order chi connectivity index (χ0) is 15.3. The number of aliphatic hydroxyl groups excluding tert-OH is 2. The summed E-state index contributed by atoms with van der Waals surface area (Å²) in [6.45, 7) is 3.54. The van der Waals surface area contributed by atoms with Crippen LogP contribution in [0.1, 0.15) is 31.7 Å². The molecule has 114 valence electrons. The fourth-order valence-corrected chi connectivity index (χ4v) is 2.20. The van der Waals surface area contributed by atoms with Gasteiger partial charge in [0.1, 0.15) is 0 Å². The van der Waals surface area contributed by atoms with Gasteiger partial charge < -0.3 is 24.4 Å². The van der Waals surface area contributed by atoms with E-state index in [4.69, 9.17) is 14.2 Å².